The molecule has 172 valence electrons. The molecule has 31 heavy (non-hydrogen) atoms. The van der Waals surface area contributed by atoms with Crippen LogP contribution in [0.3, 0.4) is 0 Å². The van der Waals surface area contributed by atoms with Crippen molar-refractivity contribution in [3.05, 3.63) is 12.4 Å². The van der Waals surface area contributed by atoms with Gasteiger partial charge in [0.25, 0.3) is 0 Å². The lowest BCUT2D eigenvalue weighted by atomic mass is 9.91. The molecule has 1 aromatic rings. The first kappa shape index (κ1) is 23.3. The zero-order chi connectivity index (χ0) is 22.1. The van der Waals surface area contributed by atoms with Gasteiger partial charge in [0.05, 0.1) is 12.5 Å². The van der Waals surface area contributed by atoms with Crippen molar-refractivity contribution >= 4 is 23.5 Å². The number of anilines is 2. The lowest BCUT2D eigenvalue weighted by Gasteiger charge is -2.34. The van der Waals surface area contributed by atoms with Gasteiger partial charge in [-0.25, -0.2) is 9.97 Å². The third-order valence-corrected chi connectivity index (χ3v) is 6.38. The Morgan fingerprint density at radius 2 is 1.84 bits per heavy atom. The molecule has 8 nitrogen and oxygen atoms in total. The van der Waals surface area contributed by atoms with Crippen LogP contribution < -0.4 is 10.2 Å². The van der Waals surface area contributed by atoms with Crippen LogP contribution in [0.1, 0.15) is 58.8 Å². The summed E-state index contributed by atoms with van der Waals surface area (Å²) in [6, 6.07) is 2.03. The van der Waals surface area contributed by atoms with E-state index in [1.165, 1.54) is 0 Å². The van der Waals surface area contributed by atoms with Crippen molar-refractivity contribution in [3.8, 4) is 0 Å². The normalized spacial score (nSPS) is 18.1. The Morgan fingerprint density at radius 3 is 2.52 bits per heavy atom. The van der Waals surface area contributed by atoms with Gasteiger partial charge < -0.3 is 19.9 Å². The molecule has 2 saturated heterocycles. The fraction of sp³-hybridized carbons (Fsp3) is 0.739. The molecule has 0 radical (unpaired) electrons. The molecule has 1 aromatic heterocycles. The molecule has 8 heteroatoms. The van der Waals surface area contributed by atoms with E-state index in [2.05, 4.69) is 27.1 Å². The van der Waals surface area contributed by atoms with Gasteiger partial charge >= 0.3 is 5.97 Å². The highest BCUT2D eigenvalue weighted by atomic mass is 16.5. The maximum Gasteiger partial charge on any atom is 0.309 e. The van der Waals surface area contributed by atoms with Gasteiger partial charge in [-0.3, -0.25) is 9.59 Å². The topological polar surface area (TPSA) is 87.7 Å². The summed E-state index contributed by atoms with van der Waals surface area (Å²) in [5, 5.41) is 3.32. The number of rotatable bonds is 9. The maximum atomic E-state index is 12.6. The number of amides is 1. The minimum atomic E-state index is -0.113. The predicted octanol–water partition coefficient (Wildman–Crippen LogP) is 3.10. The quantitative estimate of drug-likeness (QED) is 0.601. The summed E-state index contributed by atoms with van der Waals surface area (Å²) in [6.45, 7) is 8.57. The highest BCUT2D eigenvalue weighted by Gasteiger charge is 2.28. The number of hydrogen-bond donors (Lipinski definition) is 1. The fourth-order valence-corrected chi connectivity index (χ4v) is 4.43. The van der Waals surface area contributed by atoms with Crippen molar-refractivity contribution in [2.75, 3.05) is 49.5 Å². The number of carbonyl (C=O) groups is 2. The van der Waals surface area contributed by atoms with Gasteiger partial charge in [-0.2, -0.15) is 0 Å². The number of nitrogens with one attached hydrogen (secondary N) is 1. The van der Waals surface area contributed by atoms with Crippen LogP contribution in [0, 0.1) is 11.8 Å². The van der Waals surface area contributed by atoms with Crippen LogP contribution in [0.5, 0.6) is 0 Å². The number of esters is 1. The molecule has 0 saturated carbocycles. The summed E-state index contributed by atoms with van der Waals surface area (Å²) >= 11 is 0. The van der Waals surface area contributed by atoms with Crippen molar-refractivity contribution in [3.63, 3.8) is 0 Å². The van der Waals surface area contributed by atoms with E-state index in [-0.39, 0.29) is 17.8 Å². The highest BCUT2D eigenvalue weighted by molar-refractivity contribution is 5.77. The molecule has 1 amide bonds. The van der Waals surface area contributed by atoms with E-state index in [4.69, 9.17) is 4.74 Å². The van der Waals surface area contributed by atoms with Crippen LogP contribution in [-0.4, -0.2) is 66.1 Å². The van der Waals surface area contributed by atoms with Crippen LogP contribution in [0.25, 0.3) is 0 Å². The zero-order valence-corrected chi connectivity index (χ0v) is 19.0. The van der Waals surface area contributed by atoms with Gasteiger partial charge in [-0.05, 0) is 51.4 Å². The van der Waals surface area contributed by atoms with E-state index in [0.29, 0.717) is 32.0 Å². The SMILES string of the molecule is CCCNc1cc(N2CCC(CCC(=O)N3CCC(C(=O)OCC)CC3)CC2)ncn1. The van der Waals surface area contributed by atoms with Crippen molar-refractivity contribution in [2.45, 2.75) is 58.8 Å². The van der Waals surface area contributed by atoms with Crippen molar-refractivity contribution in [1.29, 1.82) is 0 Å². The van der Waals surface area contributed by atoms with Gasteiger partial charge in [-0.1, -0.05) is 6.92 Å². The van der Waals surface area contributed by atoms with E-state index in [1.54, 1.807) is 6.33 Å². The molecule has 0 bridgehead atoms. The van der Waals surface area contributed by atoms with Gasteiger partial charge in [-0.15, -0.1) is 0 Å². The average Bonchev–Trinajstić information content (AvgIpc) is 2.82. The highest BCUT2D eigenvalue weighted by Crippen LogP contribution is 2.27. The van der Waals surface area contributed by atoms with Crippen LogP contribution in [0.2, 0.25) is 0 Å². The van der Waals surface area contributed by atoms with Gasteiger partial charge in [0.1, 0.15) is 18.0 Å². The Hall–Kier alpha value is -2.38. The summed E-state index contributed by atoms with van der Waals surface area (Å²) in [7, 11) is 0. The van der Waals surface area contributed by atoms with Crippen LogP contribution in [-0.2, 0) is 14.3 Å². The molecule has 0 atom stereocenters. The van der Waals surface area contributed by atoms with Gasteiger partial charge in [0.2, 0.25) is 5.91 Å². The Balaban J connectivity index is 1.37. The minimum absolute atomic E-state index is 0.0483. The number of nitrogens with zero attached hydrogens (tertiary/aromatic N) is 4. The molecular formula is C23H37N5O3. The monoisotopic (exact) mass is 431 g/mol. The Kier molecular flexibility index (Phi) is 8.91. The second-order valence-electron chi connectivity index (χ2n) is 8.56. The number of piperidine rings is 2. The molecule has 2 fully saturated rings. The maximum absolute atomic E-state index is 12.6. The Bertz CT molecular complexity index is 713. The van der Waals surface area contributed by atoms with Crippen LogP contribution in [0.4, 0.5) is 11.6 Å². The summed E-state index contributed by atoms with van der Waals surface area (Å²) in [5.41, 5.74) is 0. The predicted molar refractivity (Wildman–Crippen MR) is 121 cm³/mol. The average molecular weight is 432 g/mol. The van der Waals surface area contributed by atoms with E-state index >= 15 is 0 Å². The minimum Gasteiger partial charge on any atom is -0.466 e. The Morgan fingerprint density at radius 1 is 1.10 bits per heavy atom. The molecule has 3 heterocycles. The molecule has 1 N–H and O–H groups in total. The standard InChI is InChI=1S/C23H37N5O3/c1-3-11-24-20-16-21(26-17-25-20)27-12-7-18(8-13-27)5-6-22(29)28-14-9-19(10-15-28)23(30)31-4-2/h16-19H,3-15H2,1-2H3,(H,24,25,26). The summed E-state index contributed by atoms with van der Waals surface area (Å²) in [4.78, 5) is 37.5. The molecule has 2 aliphatic rings. The van der Waals surface area contributed by atoms with Crippen molar-refractivity contribution in [1.82, 2.24) is 14.9 Å². The molecule has 2 aliphatic heterocycles. The van der Waals surface area contributed by atoms with Crippen molar-refractivity contribution < 1.29 is 14.3 Å². The van der Waals surface area contributed by atoms with E-state index in [0.717, 1.165) is 69.8 Å². The largest absolute Gasteiger partial charge is 0.466 e. The smallest absolute Gasteiger partial charge is 0.309 e. The summed E-state index contributed by atoms with van der Waals surface area (Å²) in [5.74, 6) is 2.51. The Labute approximate surface area is 185 Å². The number of carbonyl (C=O) groups excluding carboxylic acids is 2. The summed E-state index contributed by atoms with van der Waals surface area (Å²) < 4.78 is 5.11. The first-order valence-corrected chi connectivity index (χ1v) is 11.9. The first-order chi connectivity index (χ1) is 15.1. The van der Waals surface area contributed by atoms with Gasteiger partial charge in [0, 0.05) is 45.2 Å². The third kappa shape index (κ3) is 6.80. The molecule has 0 aliphatic carbocycles. The molecule has 0 spiro atoms. The van der Waals surface area contributed by atoms with Crippen molar-refractivity contribution in [2.24, 2.45) is 11.8 Å². The van der Waals surface area contributed by atoms with Crippen LogP contribution in [0.15, 0.2) is 12.4 Å². The third-order valence-electron chi connectivity index (χ3n) is 6.38. The van der Waals surface area contributed by atoms with Gasteiger partial charge in [0.15, 0.2) is 0 Å². The molecule has 3 rings (SSSR count). The lowest BCUT2D eigenvalue weighted by molar-refractivity contribution is -0.151. The number of aromatic nitrogens is 2. The number of ether oxygens (including phenoxy) is 1. The van der Waals surface area contributed by atoms with Crippen LogP contribution >= 0.6 is 0 Å². The van der Waals surface area contributed by atoms with E-state index < -0.39 is 0 Å². The number of likely N-dealkylation sites (tertiary alicyclic amines) is 1. The zero-order valence-electron chi connectivity index (χ0n) is 19.0. The fourth-order valence-electron chi connectivity index (χ4n) is 4.43. The first-order valence-electron chi connectivity index (χ1n) is 11.9. The second kappa shape index (κ2) is 11.9. The molecular weight excluding hydrogens is 394 g/mol. The second-order valence-corrected chi connectivity index (χ2v) is 8.56. The molecule has 0 aromatic carbocycles. The summed E-state index contributed by atoms with van der Waals surface area (Å²) in [6.07, 6.45) is 7.84. The van der Waals surface area contributed by atoms with E-state index in [1.807, 2.05) is 17.9 Å². The number of hydrogen-bond acceptors (Lipinski definition) is 7. The molecule has 0 unspecified atom stereocenters. The lowest BCUT2D eigenvalue weighted by Crippen LogP contribution is -2.41. The van der Waals surface area contributed by atoms with E-state index in [9.17, 15) is 9.59 Å².